The summed E-state index contributed by atoms with van der Waals surface area (Å²) in [6.45, 7) is 7.03. The lowest BCUT2D eigenvalue weighted by molar-refractivity contribution is -0.273. The molecule has 0 amide bonds. The first-order chi connectivity index (χ1) is 10.1. The van der Waals surface area contributed by atoms with E-state index in [1.54, 1.807) is 6.08 Å². The van der Waals surface area contributed by atoms with Crippen LogP contribution in [0.25, 0.3) is 0 Å². The lowest BCUT2D eigenvalue weighted by atomic mass is 9.46. The fourth-order valence-electron chi connectivity index (χ4n) is 4.36. The number of aliphatic hydroxyl groups is 3. The van der Waals surface area contributed by atoms with Crippen LogP contribution in [0.3, 0.4) is 0 Å². The summed E-state index contributed by atoms with van der Waals surface area (Å²) in [5.41, 5.74) is -0.710. The molecule has 1 saturated carbocycles. The molecule has 5 atom stereocenters. The average Bonchev–Trinajstić information content (AvgIpc) is 2.42. The molecule has 1 fully saturated rings. The molecule has 0 unspecified atom stereocenters. The number of hydrogen-bond acceptors (Lipinski definition) is 5. The Hall–Kier alpha value is -0.910. The molecule has 0 spiro atoms. The molecule has 2 aliphatic rings. The Morgan fingerprint density at radius 1 is 1.45 bits per heavy atom. The lowest BCUT2D eigenvalue weighted by Gasteiger charge is -2.63. The van der Waals surface area contributed by atoms with Gasteiger partial charge in [-0.25, -0.2) is 0 Å². The van der Waals surface area contributed by atoms with Crippen LogP contribution < -0.4 is 0 Å². The number of carbonyl (C=O) groups excluding carboxylic acids is 1. The molecule has 5 nitrogen and oxygen atoms in total. The minimum atomic E-state index is -1.19. The second-order valence-electron chi connectivity index (χ2n) is 7.58. The number of hydrogen-bond donors (Lipinski definition) is 3. The Bertz CT molecular complexity index is 470. The first-order valence-electron chi connectivity index (χ1n) is 7.97. The largest absolute Gasteiger partial charge is 0.459 e. The van der Waals surface area contributed by atoms with E-state index in [2.05, 4.69) is 0 Å². The Balaban J connectivity index is 2.44. The molecule has 126 valence electrons. The molecule has 3 N–H and O–H groups in total. The van der Waals surface area contributed by atoms with E-state index < -0.39 is 29.2 Å². The number of fused-ring (bicyclic) bond motifs is 1. The van der Waals surface area contributed by atoms with Gasteiger partial charge in [-0.1, -0.05) is 25.5 Å². The third-order valence-electron chi connectivity index (χ3n) is 5.51. The van der Waals surface area contributed by atoms with Gasteiger partial charge in [0.15, 0.2) is 0 Å². The summed E-state index contributed by atoms with van der Waals surface area (Å²) in [5, 5.41) is 31.3. The van der Waals surface area contributed by atoms with Gasteiger partial charge in [-0.2, -0.15) is 0 Å². The first kappa shape index (κ1) is 17.4. The predicted molar refractivity (Wildman–Crippen MR) is 82.0 cm³/mol. The van der Waals surface area contributed by atoms with Crippen LogP contribution in [0.15, 0.2) is 11.6 Å². The van der Waals surface area contributed by atoms with Gasteiger partial charge in [-0.3, -0.25) is 4.79 Å². The second kappa shape index (κ2) is 5.95. The predicted octanol–water partition coefficient (Wildman–Crippen LogP) is 1.40. The molecule has 0 saturated heterocycles. The highest BCUT2D eigenvalue weighted by atomic mass is 16.6. The number of ether oxygens (including phenoxy) is 1. The van der Waals surface area contributed by atoms with Gasteiger partial charge in [-0.15, -0.1) is 0 Å². The highest BCUT2D eigenvalue weighted by Gasteiger charge is 2.66. The van der Waals surface area contributed by atoms with E-state index in [1.807, 2.05) is 20.8 Å². The van der Waals surface area contributed by atoms with Crippen LogP contribution in [0.4, 0.5) is 0 Å². The van der Waals surface area contributed by atoms with Gasteiger partial charge in [-0.05, 0) is 37.0 Å². The van der Waals surface area contributed by atoms with Crippen LogP contribution in [0, 0.1) is 17.3 Å². The van der Waals surface area contributed by atoms with Crippen LogP contribution >= 0.6 is 0 Å². The maximum atomic E-state index is 11.5. The Morgan fingerprint density at radius 3 is 2.59 bits per heavy atom. The molecule has 0 radical (unpaired) electrons. The molecule has 5 heteroatoms. The molecule has 0 aromatic heterocycles. The zero-order valence-corrected chi connectivity index (χ0v) is 13.9. The van der Waals surface area contributed by atoms with Crippen molar-refractivity contribution in [2.24, 2.45) is 17.3 Å². The highest BCUT2D eigenvalue weighted by molar-refractivity contribution is 5.66. The van der Waals surface area contributed by atoms with E-state index >= 15 is 0 Å². The van der Waals surface area contributed by atoms with E-state index in [-0.39, 0.29) is 18.4 Å². The van der Waals surface area contributed by atoms with Crippen molar-refractivity contribution in [1.82, 2.24) is 0 Å². The van der Waals surface area contributed by atoms with Gasteiger partial charge in [0.05, 0.1) is 6.10 Å². The highest BCUT2D eigenvalue weighted by Crippen LogP contribution is 2.60. The summed E-state index contributed by atoms with van der Waals surface area (Å²) in [5.74, 6) is -0.827. The standard InChI is InChI=1S/C17H28O5/c1-10-5-13(20)7-12(9-18)14-8-16(3,4)17(14,21)15(6-10)22-11(2)19/h5,12-15,18,20-21H,6-9H2,1-4H3/t12-,13+,14+,15-,17+/m0/s1. The molecular formula is C17H28O5. The van der Waals surface area contributed by atoms with Gasteiger partial charge in [0.2, 0.25) is 0 Å². The summed E-state index contributed by atoms with van der Waals surface area (Å²) < 4.78 is 5.46. The normalized spacial score (nSPS) is 41.1. The zero-order chi connectivity index (χ0) is 16.7. The van der Waals surface area contributed by atoms with Crippen molar-refractivity contribution in [2.75, 3.05) is 6.61 Å². The second-order valence-corrected chi connectivity index (χ2v) is 7.58. The van der Waals surface area contributed by atoms with Crippen molar-refractivity contribution in [1.29, 1.82) is 0 Å². The van der Waals surface area contributed by atoms with E-state index in [4.69, 9.17) is 4.74 Å². The van der Waals surface area contributed by atoms with Crippen LogP contribution in [0.5, 0.6) is 0 Å². The van der Waals surface area contributed by atoms with Crippen molar-refractivity contribution in [3.8, 4) is 0 Å². The van der Waals surface area contributed by atoms with Gasteiger partial charge >= 0.3 is 5.97 Å². The molecule has 0 aromatic rings. The fourth-order valence-corrected chi connectivity index (χ4v) is 4.36. The average molecular weight is 312 g/mol. The maximum absolute atomic E-state index is 11.5. The summed E-state index contributed by atoms with van der Waals surface area (Å²) in [4.78, 5) is 11.5. The molecule has 2 rings (SSSR count). The number of rotatable bonds is 2. The van der Waals surface area contributed by atoms with Gasteiger partial charge < -0.3 is 20.1 Å². The number of aliphatic hydroxyl groups excluding tert-OH is 2. The third-order valence-corrected chi connectivity index (χ3v) is 5.51. The quantitative estimate of drug-likeness (QED) is 0.530. The molecular weight excluding hydrogens is 284 g/mol. The molecule has 0 aliphatic heterocycles. The smallest absolute Gasteiger partial charge is 0.303 e. The third kappa shape index (κ3) is 2.82. The maximum Gasteiger partial charge on any atom is 0.303 e. The lowest BCUT2D eigenvalue weighted by Crippen LogP contribution is -2.70. The topological polar surface area (TPSA) is 87.0 Å². The van der Waals surface area contributed by atoms with Crippen LogP contribution in [0.1, 0.15) is 47.0 Å². The molecule has 2 aliphatic carbocycles. The van der Waals surface area contributed by atoms with Crippen LogP contribution in [-0.4, -0.2) is 45.7 Å². The van der Waals surface area contributed by atoms with E-state index in [0.717, 1.165) is 12.0 Å². The summed E-state index contributed by atoms with van der Waals surface area (Å²) in [6.07, 6.45) is 1.96. The summed E-state index contributed by atoms with van der Waals surface area (Å²) in [6, 6.07) is 0. The van der Waals surface area contributed by atoms with Crippen molar-refractivity contribution < 1.29 is 24.9 Å². The SMILES string of the molecule is CC(=O)O[C@H]1CC(C)=C[C@@H](O)C[C@@H](CO)[C@H]2CC(C)(C)[C@]12O. The Morgan fingerprint density at radius 2 is 2.09 bits per heavy atom. The molecule has 0 bridgehead atoms. The zero-order valence-electron chi connectivity index (χ0n) is 13.9. The van der Waals surface area contributed by atoms with Crippen molar-refractivity contribution in [2.45, 2.75) is 64.8 Å². The Labute approximate surface area is 132 Å². The molecule has 0 aromatic carbocycles. The minimum absolute atomic E-state index is 0.0974. The van der Waals surface area contributed by atoms with Crippen LogP contribution in [-0.2, 0) is 9.53 Å². The van der Waals surface area contributed by atoms with Gasteiger partial charge in [0.1, 0.15) is 11.7 Å². The summed E-state index contributed by atoms with van der Waals surface area (Å²) in [7, 11) is 0. The monoisotopic (exact) mass is 312 g/mol. The van der Waals surface area contributed by atoms with Crippen molar-refractivity contribution in [3.63, 3.8) is 0 Å². The summed E-state index contributed by atoms with van der Waals surface area (Å²) >= 11 is 0. The Kier molecular flexibility index (Phi) is 4.71. The first-order valence-corrected chi connectivity index (χ1v) is 7.97. The van der Waals surface area contributed by atoms with Crippen molar-refractivity contribution in [3.05, 3.63) is 11.6 Å². The number of carbonyl (C=O) groups is 1. The van der Waals surface area contributed by atoms with E-state index in [9.17, 15) is 20.1 Å². The molecule has 22 heavy (non-hydrogen) atoms. The van der Waals surface area contributed by atoms with Gasteiger partial charge in [0.25, 0.3) is 0 Å². The fraction of sp³-hybridized carbons (Fsp3) is 0.824. The van der Waals surface area contributed by atoms with E-state index in [0.29, 0.717) is 12.8 Å². The number of esters is 1. The van der Waals surface area contributed by atoms with Gasteiger partial charge in [0, 0.05) is 20.0 Å². The molecule has 0 heterocycles. The minimum Gasteiger partial charge on any atom is -0.459 e. The van der Waals surface area contributed by atoms with Crippen molar-refractivity contribution >= 4 is 5.97 Å². The van der Waals surface area contributed by atoms with E-state index in [1.165, 1.54) is 6.92 Å². The van der Waals surface area contributed by atoms with Crippen LogP contribution in [0.2, 0.25) is 0 Å².